The van der Waals surface area contributed by atoms with Gasteiger partial charge >= 0.3 is 0 Å². The van der Waals surface area contributed by atoms with Crippen molar-refractivity contribution in [3.8, 4) is 0 Å². The van der Waals surface area contributed by atoms with Crippen molar-refractivity contribution in [3.05, 3.63) is 34.7 Å². The van der Waals surface area contributed by atoms with Gasteiger partial charge in [-0.05, 0) is 12.8 Å². The van der Waals surface area contributed by atoms with Gasteiger partial charge in [0.15, 0.2) is 0 Å². The summed E-state index contributed by atoms with van der Waals surface area (Å²) in [5.41, 5.74) is 0.311. The molecule has 0 aliphatic carbocycles. The molecule has 1 atom stereocenters. The molecule has 2 N–H and O–H groups in total. The second-order valence-corrected chi connectivity index (χ2v) is 5.45. The lowest BCUT2D eigenvalue weighted by Gasteiger charge is -2.14. The van der Waals surface area contributed by atoms with E-state index < -0.39 is 0 Å². The fourth-order valence-corrected chi connectivity index (χ4v) is 2.56. The predicted molar refractivity (Wildman–Crippen MR) is 83.4 cm³/mol. The van der Waals surface area contributed by atoms with Gasteiger partial charge in [0.25, 0.3) is 5.91 Å². The van der Waals surface area contributed by atoms with E-state index in [1.807, 2.05) is 12.3 Å². The molecule has 0 aliphatic rings. The fraction of sp³-hybridized carbons (Fsp3) is 0.429. The number of anilines is 1. The highest BCUT2D eigenvalue weighted by Crippen LogP contribution is 2.19. The second-order valence-electron chi connectivity index (χ2n) is 4.52. The Labute approximate surface area is 128 Å². The number of hydrogen-bond donors (Lipinski definition) is 2. The molecule has 2 aromatic rings. The van der Waals surface area contributed by atoms with Gasteiger partial charge in [0, 0.05) is 18.1 Å². The number of rotatable bonds is 7. The monoisotopic (exact) mass is 305 g/mol. The third-order valence-corrected chi connectivity index (χ3v) is 3.78. The van der Waals surface area contributed by atoms with Crippen LogP contribution in [0.1, 0.15) is 48.2 Å². The molecule has 1 amide bonds. The van der Waals surface area contributed by atoms with Crippen LogP contribution in [0.5, 0.6) is 0 Å². The first kappa shape index (κ1) is 15.4. The molecule has 21 heavy (non-hydrogen) atoms. The van der Waals surface area contributed by atoms with Crippen LogP contribution in [0, 0.1) is 0 Å². The minimum atomic E-state index is -0.232. The van der Waals surface area contributed by atoms with Crippen LogP contribution >= 0.6 is 11.3 Å². The van der Waals surface area contributed by atoms with Gasteiger partial charge in [-0.1, -0.05) is 13.8 Å². The topological polar surface area (TPSA) is 79.8 Å². The van der Waals surface area contributed by atoms with Crippen LogP contribution in [-0.4, -0.2) is 27.4 Å². The maximum absolute atomic E-state index is 12.3. The fourth-order valence-electron chi connectivity index (χ4n) is 1.79. The summed E-state index contributed by atoms with van der Waals surface area (Å²) in [6, 6.07) is -0.0912. The van der Waals surface area contributed by atoms with E-state index in [-0.39, 0.29) is 11.9 Å². The molecule has 7 heteroatoms. The largest absolute Gasteiger partial charge is 0.369 e. The Kier molecular flexibility index (Phi) is 5.62. The summed E-state index contributed by atoms with van der Waals surface area (Å²) >= 11 is 1.53. The van der Waals surface area contributed by atoms with Gasteiger partial charge < -0.3 is 10.6 Å². The van der Waals surface area contributed by atoms with E-state index in [0.717, 1.165) is 24.4 Å². The Hall–Kier alpha value is -2.02. The molecule has 0 fully saturated rings. The molecular weight excluding hydrogens is 286 g/mol. The average Bonchev–Trinajstić information content (AvgIpc) is 3.04. The first-order valence-corrected chi connectivity index (χ1v) is 7.88. The van der Waals surface area contributed by atoms with Gasteiger partial charge in [0.1, 0.15) is 16.5 Å². The minimum absolute atomic E-state index is 0.0912. The van der Waals surface area contributed by atoms with Gasteiger partial charge in [-0.3, -0.25) is 9.78 Å². The molecule has 0 aliphatic heterocycles. The van der Waals surface area contributed by atoms with Crippen LogP contribution in [0.25, 0.3) is 0 Å². The number of nitrogens with zero attached hydrogens (tertiary/aromatic N) is 3. The number of nitrogens with one attached hydrogen (secondary N) is 2. The maximum Gasteiger partial charge on any atom is 0.272 e. The molecule has 1 unspecified atom stereocenters. The summed E-state index contributed by atoms with van der Waals surface area (Å²) in [5.74, 6) is 0.386. The van der Waals surface area contributed by atoms with Gasteiger partial charge in [-0.15, -0.1) is 11.3 Å². The lowest BCUT2D eigenvalue weighted by molar-refractivity contribution is 0.0930. The number of aromatic nitrogens is 3. The summed E-state index contributed by atoms with van der Waals surface area (Å²) in [6.45, 7) is 4.88. The highest BCUT2D eigenvalue weighted by atomic mass is 32.1. The third kappa shape index (κ3) is 4.22. The molecule has 0 spiro atoms. The predicted octanol–water partition coefficient (Wildman–Crippen LogP) is 2.64. The van der Waals surface area contributed by atoms with Crippen molar-refractivity contribution in [2.24, 2.45) is 0 Å². The second kappa shape index (κ2) is 7.68. The first-order valence-electron chi connectivity index (χ1n) is 7.00. The van der Waals surface area contributed by atoms with Crippen LogP contribution in [0.15, 0.2) is 24.0 Å². The van der Waals surface area contributed by atoms with Gasteiger partial charge in [0.05, 0.1) is 18.4 Å². The molecule has 0 bridgehead atoms. The van der Waals surface area contributed by atoms with Crippen LogP contribution < -0.4 is 10.6 Å². The van der Waals surface area contributed by atoms with E-state index in [1.165, 1.54) is 17.5 Å². The van der Waals surface area contributed by atoms with E-state index in [9.17, 15) is 4.79 Å². The Balaban J connectivity index is 2.05. The van der Waals surface area contributed by atoms with Crippen LogP contribution in [-0.2, 0) is 0 Å². The number of amides is 1. The SMILES string of the molecule is CCCNc1cncc(C(=O)NC(CC)c2nccs2)n1. The van der Waals surface area contributed by atoms with E-state index in [4.69, 9.17) is 0 Å². The third-order valence-electron chi connectivity index (χ3n) is 2.89. The Morgan fingerprint density at radius 1 is 1.38 bits per heavy atom. The summed E-state index contributed by atoms with van der Waals surface area (Å²) in [7, 11) is 0. The highest BCUT2D eigenvalue weighted by molar-refractivity contribution is 7.09. The summed E-state index contributed by atoms with van der Waals surface area (Å²) in [5, 5.41) is 8.87. The van der Waals surface area contributed by atoms with Crippen LogP contribution in [0.4, 0.5) is 5.82 Å². The molecule has 2 heterocycles. The Morgan fingerprint density at radius 2 is 2.24 bits per heavy atom. The number of hydrogen-bond acceptors (Lipinski definition) is 6. The molecule has 2 aromatic heterocycles. The van der Waals surface area contributed by atoms with Gasteiger partial charge in [-0.2, -0.15) is 0 Å². The molecule has 0 radical (unpaired) electrons. The van der Waals surface area contributed by atoms with Crippen molar-refractivity contribution in [2.75, 3.05) is 11.9 Å². The van der Waals surface area contributed by atoms with E-state index in [2.05, 4.69) is 32.5 Å². The van der Waals surface area contributed by atoms with Crippen molar-refractivity contribution in [2.45, 2.75) is 32.7 Å². The molecule has 0 saturated carbocycles. The molecular formula is C14H19N5OS. The zero-order chi connectivity index (χ0) is 15.1. The van der Waals surface area contributed by atoms with E-state index in [0.29, 0.717) is 11.5 Å². The summed E-state index contributed by atoms with van der Waals surface area (Å²) in [6.07, 6.45) is 6.59. The number of carbonyl (C=O) groups excluding carboxylic acids is 1. The minimum Gasteiger partial charge on any atom is -0.369 e. The van der Waals surface area contributed by atoms with Gasteiger partial charge in [-0.25, -0.2) is 9.97 Å². The summed E-state index contributed by atoms with van der Waals surface area (Å²) < 4.78 is 0. The lowest BCUT2D eigenvalue weighted by atomic mass is 10.2. The molecule has 6 nitrogen and oxygen atoms in total. The van der Waals surface area contributed by atoms with Crippen molar-refractivity contribution >= 4 is 23.1 Å². The highest BCUT2D eigenvalue weighted by Gasteiger charge is 2.17. The Morgan fingerprint density at radius 3 is 2.90 bits per heavy atom. The van der Waals surface area contributed by atoms with E-state index >= 15 is 0 Å². The van der Waals surface area contributed by atoms with Gasteiger partial charge in [0.2, 0.25) is 0 Å². The Bertz CT molecular complexity index is 573. The van der Waals surface area contributed by atoms with Crippen LogP contribution in [0.2, 0.25) is 0 Å². The van der Waals surface area contributed by atoms with Crippen molar-refractivity contribution in [3.63, 3.8) is 0 Å². The molecule has 2 rings (SSSR count). The number of carbonyl (C=O) groups is 1. The first-order chi connectivity index (χ1) is 10.2. The van der Waals surface area contributed by atoms with Crippen molar-refractivity contribution in [1.82, 2.24) is 20.3 Å². The van der Waals surface area contributed by atoms with Crippen molar-refractivity contribution < 1.29 is 4.79 Å². The quantitative estimate of drug-likeness (QED) is 0.822. The normalized spacial score (nSPS) is 11.9. The molecule has 112 valence electrons. The molecule has 0 saturated heterocycles. The zero-order valence-electron chi connectivity index (χ0n) is 12.2. The zero-order valence-corrected chi connectivity index (χ0v) is 13.0. The molecule has 0 aromatic carbocycles. The van der Waals surface area contributed by atoms with Crippen LogP contribution in [0.3, 0.4) is 0 Å². The average molecular weight is 305 g/mol. The summed E-state index contributed by atoms with van der Waals surface area (Å²) in [4.78, 5) is 24.9. The number of thiazole rings is 1. The smallest absolute Gasteiger partial charge is 0.272 e. The standard InChI is InChI=1S/C14H19N5OS/c1-3-5-16-12-9-15-8-11(18-12)13(20)19-10(4-2)14-17-6-7-21-14/h6-10H,3-5H2,1-2H3,(H,16,18)(H,19,20). The van der Waals surface area contributed by atoms with Crippen molar-refractivity contribution in [1.29, 1.82) is 0 Å². The maximum atomic E-state index is 12.3. The lowest BCUT2D eigenvalue weighted by Crippen LogP contribution is -2.29. The van der Waals surface area contributed by atoms with E-state index in [1.54, 1.807) is 12.4 Å².